The number of piperidine rings is 1. The Morgan fingerprint density at radius 3 is 2.44 bits per heavy atom. The summed E-state index contributed by atoms with van der Waals surface area (Å²) in [6.45, 7) is 13.6. The van der Waals surface area contributed by atoms with Crippen molar-refractivity contribution in [2.75, 3.05) is 20.3 Å². The lowest BCUT2D eigenvalue weighted by Gasteiger charge is -2.39. The van der Waals surface area contributed by atoms with Crippen LogP contribution in [0.3, 0.4) is 0 Å². The van der Waals surface area contributed by atoms with Crippen molar-refractivity contribution in [2.24, 2.45) is 11.8 Å². The molecule has 1 aliphatic heterocycles. The van der Waals surface area contributed by atoms with E-state index in [4.69, 9.17) is 9.47 Å². The molecule has 41 heavy (non-hydrogen) atoms. The predicted molar refractivity (Wildman–Crippen MR) is 159 cm³/mol. The molecule has 1 saturated heterocycles. The number of carbonyl (C=O) groups is 4. The second-order valence-electron chi connectivity index (χ2n) is 11.5. The summed E-state index contributed by atoms with van der Waals surface area (Å²) in [5, 5.41) is 5.60. The largest absolute Gasteiger partial charge is 0.455 e. The third-order valence-electron chi connectivity index (χ3n) is 7.80. The number of esters is 2. The third kappa shape index (κ3) is 10.4. The van der Waals surface area contributed by atoms with Crippen LogP contribution in [0.4, 0.5) is 0 Å². The van der Waals surface area contributed by atoms with Crippen LogP contribution >= 0.6 is 11.3 Å². The van der Waals surface area contributed by atoms with Crippen LogP contribution in [0, 0.1) is 18.8 Å². The molecule has 232 valence electrons. The Hall–Kier alpha value is -2.53. The molecule has 1 N–H and O–H groups in total. The minimum atomic E-state index is -0.803. The minimum absolute atomic E-state index is 0.0827. The highest BCUT2D eigenvalue weighted by molar-refractivity contribution is 7.09. The fraction of sp³-hybridized carbons (Fsp3) is 0.767. The van der Waals surface area contributed by atoms with Gasteiger partial charge in [-0.1, -0.05) is 47.5 Å². The molecular weight excluding hydrogens is 544 g/mol. The lowest BCUT2D eigenvalue weighted by atomic mass is 9.92. The summed E-state index contributed by atoms with van der Waals surface area (Å²) in [6, 6.07) is -1.56. The zero-order chi connectivity index (χ0) is 30.7. The Morgan fingerprint density at radius 1 is 1.20 bits per heavy atom. The van der Waals surface area contributed by atoms with Crippen molar-refractivity contribution < 1.29 is 28.7 Å². The summed E-state index contributed by atoms with van der Waals surface area (Å²) < 4.78 is 11.3. The SMILES string of the molecule is CCCC(=O)OCN(C(=O)[C@@H](NC(=O)C1CCCCN1C)C(C)CC)[C@H](C[C@@H](OC(C)=O)c1nc(C)cs1)C(C)C. The summed E-state index contributed by atoms with van der Waals surface area (Å²) >= 11 is 1.40. The first-order valence-corrected chi connectivity index (χ1v) is 15.8. The number of nitrogens with zero attached hydrogens (tertiary/aromatic N) is 3. The second-order valence-corrected chi connectivity index (χ2v) is 12.4. The number of hydrogen-bond donors (Lipinski definition) is 1. The average molecular weight is 595 g/mol. The first kappa shape index (κ1) is 34.7. The van der Waals surface area contributed by atoms with E-state index < -0.39 is 30.1 Å². The van der Waals surface area contributed by atoms with Crippen LogP contribution in [0.1, 0.15) is 103 Å². The van der Waals surface area contributed by atoms with Crippen LogP contribution < -0.4 is 5.32 Å². The van der Waals surface area contributed by atoms with Gasteiger partial charge in [0.05, 0.1) is 6.04 Å². The van der Waals surface area contributed by atoms with Crippen LogP contribution in [-0.4, -0.2) is 77.0 Å². The van der Waals surface area contributed by atoms with Gasteiger partial charge in [0.1, 0.15) is 11.0 Å². The zero-order valence-electron chi connectivity index (χ0n) is 26.1. The molecule has 2 unspecified atom stereocenters. The van der Waals surface area contributed by atoms with E-state index in [1.807, 2.05) is 58.9 Å². The normalized spacial score (nSPS) is 18.7. The van der Waals surface area contributed by atoms with Crippen LogP contribution in [0.2, 0.25) is 0 Å². The number of rotatable bonds is 15. The Kier molecular flexibility index (Phi) is 14.2. The monoisotopic (exact) mass is 594 g/mol. The zero-order valence-corrected chi connectivity index (χ0v) is 26.9. The minimum Gasteiger partial charge on any atom is -0.455 e. The topological polar surface area (TPSA) is 118 Å². The molecule has 1 aromatic heterocycles. The van der Waals surface area contributed by atoms with Gasteiger partial charge in [-0.3, -0.25) is 24.1 Å². The molecule has 0 saturated carbocycles. The van der Waals surface area contributed by atoms with Gasteiger partial charge in [0.2, 0.25) is 11.8 Å². The molecule has 1 aromatic rings. The quantitative estimate of drug-likeness (QED) is 0.231. The first-order valence-electron chi connectivity index (χ1n) is 14.9. The van der Waals surface area contributed by atoms with Crippen molar-refractivity contribution in [1.29, 1.82) is 0 Å². The van der Waals surface area contributed by atoms with Crippen molar-refractivity contribution in [3.05, 3.63) is 16.1 Å². The van der Waals surface area contributed by atoms with Gasteiger partial charge in [0, 0.05) is 36.9 Å². The van der Waals surface area contributed by atoms with Gasteiger partial charge >= 0.3 is 11.9 Å². The molecule has 11 heteroatoms. The van der Waals surface area contributed by atoms with Crippen molar-refractivity contribution in [3.8, 4) is 0 Å². The van der Waals surface area contributed by atoms with Crippen LogP contribution in [0.5, 0.6) is 0 Å². The molecule has 0 bridgehead atoms. The Labute approximate surface area is 249 Å². The molecular formula is C30H50N4O6S. The van der Waals surface area contributed by atoms with Gasteiger partial charge < -0.3 is 19.7 Å². The number of ether oxygens (including phenoxy) is 2. The van der Waals surface area contributed by atoms with Crippen LogP contribution in [-0.2, 0) is 28.7 Å². The number of hydrogen-bond acceptors (Lipinski definition) is 9. The maximum atomic E-state index is 14.4. The molecule has 0 aliphatic carbocycles. The smallest absolute Gasteiger partial charge is 0.307 e. The highest BCUT2D eigenvalue weighted by atomic mass is 32.1. The predicted octanol–water partition coefficient (Wildman–Crippen LogP) is 4.62. The molecule has 0 aromatic carbocycles. The molecule has 5 atom stereocenters. The van der Waals surface area contributed by atoms with Gasteiger partial charge in [-0.2, -0.15) is 0 Å². The molecule has 2 heterocycles. The second kappa shape index (κ2) is 16.8. The number of aromatic nitrogens is 1. The summed E-state index contributed by atoms with van der Waals surface area (Å²) in [5.74, 6) is -1.56. The van der Waals surface area contributed by atoms with E-state index >= 15 is 0 Å². The maximum Gasteiger partial charge on any atom is 0.307 e. The molecule has 2 rings (SSSR count). The Balaban J connectivity index is 2.44. The van der Waals surface area contributed by atoms with Crippen molar-refractivity contribution in [3.63, 3.8) is 0 Å². The van der Waals surface area contributed by atoms with Crippen molar-refractivity contribution >= 4 is 35.1 Å². The number of likely N-dealkylation sites (N-methyl/N-ethyl adjacent to an activating group) is 1. The van der Waals surface area contributed by atoms with Gasteiger partial charge in [-0.05, 0) is 51.6 Å². The van der Waals surface area contributed by atoms with Gasteiger partial charge in [0.25, 0.3) is 0 Å². The highest BCUT2D eigenvalue weighted by Gasteiger charge is 2.39. The molecule has 0 spiro atoms. The first-order chi connectivity index (χ1) is 19.4. The molecule has 1 aliphatic rings. The fourth-order valence-electron chi connectivity index (χ4n) is 5.16. The van der Waals surface area contributed by atoms with E-state index in [0.29, 0.717) is 17.8 Å². The van der Waals surface area contributed by atoms with E-state index in [-0.39, 0.29) is 49.3 Å². The van der Waals surface area contributed by atoms with E-state index in [2.05, 4.69) is 10.3 Å². The molecule has 1 fully saturated rings. The summed E-state index contributed by atoms with van der Waals surface area (Å²) in [5.41, 5.74) is 0.817. The number of nitrogens with one attached hydrogen (secondary N) is 1. The van der Waals surface area contributed by atoms with Crippen molar-refractivity contribution in [2.45, 2.75) is 118 Å². The van der Waals surface area contributed by atoms with Gasteiger partial charge in [0.15, 0.2) is 12.8 Å². The van der Waals surface area contributed by atoms with E-state index in [1.165, 1.54) is 18.3 Å². The average Bonchev–Trinajstić information content (AvgIpc) is 3.35. The molecule has 0 radical (unpaired) electrons. The number of amides is 2. The van der Waals surface area contributed by atoms with Crippen LogP contribution in [0.15, 0.2) is 5.38 Å². The summed E-state index contributed by atoms with van der Waals surface area (Å²) in [7, 11) is 1.94. The van der Waals surface area contributed by atoms with E-state index in [0.717, 1.165) is 31.5 Å². The lowest BCUT2D eigenvalue weighted by Crippen LogP contribution is -2.59. The number of thiazole rings is 1. The summed E-state index contributed by atoms with van der Waals surface area (Å²) in [6.07, 6.45) is 3.88. The third-order valence-corrected chi connectivity index (χ3v) is 8.85. The molecule has 10 nitrogen and oxygen atoms in total. The Bertz CT molecular complexity index is 1010. The number of likely N-dealkylation sites (tertiary alicyclic amines) is 1. The maximum absolute atomic E-state index is 14.4. The fourth-order valence-corrected chi connectivity index (χ4v) is 5.99. The lowest BCUT2D eigenvalue weighted by molar-refractivity contribution is -0.160. The summed E-state index contributed by atoms with van der Waals surface area (Å²) in [4.78, 5) is 60.4. The van der Waals surface area contributed by atoms with Gasteiger partial charge in [-0.25, -0.2) is 4.98 Å². The van der Waals surface area contributed by atoms with E-state index in [9.17, 15) is 19.2 Å². The Morgan fingerprint density at radius 2 is 1.90 bits per heavy atom. The highest BCUT2D eigenvalue weighted by Crippen LogP contribution is 2.31. The van der Waals surface area contributed by atoms with Crippen LogP contribution in [0.25, 0.3) is 0 Å². The van der Waals surface area contributed by atoms with E-state index in [1.54, 1.807) is 4.90 Å². The number of aryl methyl sites for hydroxylation is 1. The standard InChI is InChI=1S/C30H50N4O6S/c1-9-13-26(36)39-18-34(24(19(3)4)16-25(40-22(7)35)29-31-21(6)17-41-29)30(38)27(20(5)10-2)32-28(37)23-14-11-12-15-33(23)8/h17,19-20,23-25,27H,9-16,18H2,1-8H3,(H,32,37)/t20?,23?,24-,25-,27+/m1/s1. The number of carbonyl (C=O) groups excluding carboxylic acids is 4. The molecule has 2 amide bonds. The van der Waals surface area contributed by atoms with Gasteiger partial charge in [-0.15, -0.1) is 11.3 Å². The van der Waals surface area contributed by atoms with Crippen molar-refractivity contribution in [1.82, 2.24) is 20.1 Å².